The Kier molecular flexibility index (Phi) is 4.64. The molecule has 2 aromatic rings. The van der Waals surface area contributed by atoms with Crippen molar-refractivity contribution >= 4 is 38.2 Å². The Hall–Kier alpha value is -2.78. The average molecular weight is 415 g/mol. The largest absolute Gasteiger partial charge is 0.331 e. The molecule has 1 aromatic carbocycles. The molecule has 2 aliphatic heterocycles. The maximum absolute atomic E-state index is 12.8. The first-order chi connectivity index (χ1) is 13.3. The maximum atomic E-state index is 12.8. The number of benzene rings is 1. The van der Waals surface area contributed by atoms with Crippen molar-refractivity contribution in [1.82, 2.24) is 9.88 Å². The average Bonchev–Trinajstić information content (AvgIpc) is 3.01. The normalized spacial score (nSPS) is 17.6. The third-order valence-corrected chi connectivity index (χ3v) is 6.48. The summed E-state index contributed by atoms with van der Waals surface area (Å²) in [6, 6.07) is 8.03. The molecule has 4 rings (SSSR count). The van der Waals surface area contributed by atoms with Gasteiger partial charge >= 0.3 is 0 Å². The third-order valence-electron chi connectivity index (χ3n) is 4.44. The predicted molar refractivity (Wildman–Crippen MR) is 111 cm³/mol. The summed E-state index contributed by atoms with van der Waals surface area (Å²) in [4.78, 5) is 20.0. The van der Waals surface area contributed by atoms with Crippen LogP contribution in [-0.4, -0.2) is 42.3 Å². The number of amides is 1. The van der Waals surface area contributed by atoms with Gasteiger partial charge < -0.3 is 4.90 Å². The van der Waals surface area contributed by atoms with Crippen LogP contribution in [0.2, 0.25) is 0 Å². The highest BCUT2D eigenvalue weighted by atomic mass is 32.2. The van der Waals surface area contributed by atoms with Crippen LogP contribution in [0.1, 0.15) is 10.4 Å². The number of aryl methyl sites for hydroxylation is 2. The lowest BCUT2D eigenvalue weighted by molar-refractivity contribution is -0.112. The van der Waals surface area contributed by atoms with Gasteiger partial charge in [-0.3, -0.25) is 10.1 Å². The van der Waals surface area contributed by atoms with Gasteiger partial charge in [-0.1, -0.05) is 29.8 Å². The van der Waals surface area contributed by atoms with E-state index in [9.17, 15) is 13.2 Å². The summed E-state index contributed by atoms with van der Waals surface area (Å²) in [5.41, 5.74) is 3.16. The van der Waals surface area contributed by atoms with Crippen molar-refractivity contribution < 1.29 is 13.2 Å². The summed E-state index contributed by atoms with van der Waals surface area (Å²) < 4.78 is 27.5. The van der Waals surface area contributed by atoms with Gasteiger partial charge in [0.05, 0.1) is 17.0 Å². The van der Waals surface area contributed by atoms with E-state index in [1.165, 1.54) is 11.3 Å². The first kappa shape index (κ1) is 18.6. The van der Waals surface area contributed by atoms with Crippen LogP contribution in [0.25, 0.3) is 11.3 Å². The second-order valence-electron chi connectivity index (χ2n) is 6.56. The number of amidine groups is 1. The quantitative estimate of drug-likeness (QED) is 0.834. The zero-order chi connectivity index (χ0) is 19.9. The van der Waals surface area contributed by atoms with E-state index in [2.05, 4.69) is 14.7 Å². The van der Waals surface area contributed by atoms with Crippen molar-refractivity contribution in [2.45, 2.75) is 13.8 Å². The Balaban J connectivity index is 1.60. The van der Waals surface area contributed by atoms with Gasteiger partial charge in [-0.05, 0) is 26.0 Å². The number of hydrogen-bond donors (Lipinski definition) is 1. The molecule has 1 amide bonds. The molecular weight excluding hydrogens is 396 g/mol. The lowest BCUT2D eigenvalue weighted by Gasteiger charge is -2.28. The monoisotopic (exact) mass is 414 g/mol. The van der Waals surface area contributed by atoms with Crippen LogP contribution >= 0.6 is 11.3 Å². The molecule has 7 nitrogen and oxygen atoms in total. The van der Waals surface area contributed by atoms with E-state index in [0.717, 1.165) is 21.7 Å². The second kappa shape index (κ2) is 6.99. The highest BCUT2D eigenvalue weighted by molar-refractivity contribution is 7.90. The van der Waals surface area contributed by atoms with E-state index in [1.807, 2.05) is 38.1 Å². The Labute approximate surface area is 167 Å². The number of thiazole rings is 1. The van der Waals surface area contributed by atoms with E-state index in [-0.39, 0.29) is 23.7 Å². The molecule has 144 valence electrons. The molecule has 0 atom stereocenters. The van der Waals surface area contributed by atoms with E-state index in [4.69, 9.17) is 0 Å². The molecule has 2 aliphatic rings. The molecule has 0 fully saturated rings. The van der Waals surface area contributed by atoms with Crippen molar-refractivity contribution in [1.29, 1.82) is 0 Å². The van der Waals surface area contributed by atoms with Gasteiger partial charge in [-0.25, -0.2) is 13.4 Å². The molecule has 28 heavy (non-hydrogen) atoms. The molecule has 1 aromatic heterocycles. The molecule has 3 heterocycles. The van der Waals surface area contributed by atoms with Crippen molar-refractivity contribution in [3.63, 3.8) is 0 Å². The Morgan fingerprint density at radius 1 is 1.21 bits per heavy atom. The fourth-order valence-electron chi connectivity index (χ4n) is 2.99. The summed E-state index contributed by atoms with van der Waals surface area (Å²) in [6.07, 6.45) is 4.98. The fraction of sp³-hybridized carbons (Fsp3) is 0.211. The molecule has 0 bridgehead atoms. The highest BCUT2D eigenvalue weighted by Crippen LogP contribution is 2.31. The van der Waals surface area contributed by atoms with Crippen molar-refractivity contribution in [3.8, 4) is 11.3 Å². The molecule has 0 saturated heterocycles. The molecule has 0 spiro atoms. The molecule has 1 N–H and O–H groups in total. The van der Waals surface area contributed by atoms with Crippen LogP contribution < -0.4 is 5.32 Å². The maximum Gasteiger partial charge on any atom is 0.261 e. The van der Waals surface area contributed by atoms with Crippen molar-refractivity contribution in [2.24, 2.45) is 4.40 Å². The lowest BCUT2D eigenvalue weighted by atomic mass is 10.1. The standard InChI is InChI=1S/C19H18N4O3S2/c1-12-5-7-14(8-6-12)16-13(2)27-19(20-16)21-18(24)15-4-3-9-23-10-11-28(25,26)22-17(15)23/h3-9H,10-11H2,1-2H3,(H,20,21,24). The van der Waals surface area contributed by atoms with Crippen molar-refractivity contribution in [2.75, 3.05) is 17.6 Å². The van der Waals surface area contributed by atoms with Crippen LogP contribution in [0.3, 0.4) is 0 Å². The van der Waals surface area contributed by atoms with Crippen LogP contribution in [0.5, 0.6) is 0 Å². The number of sulfonamides is 1. The Morgan fingerprint density at radius 3 is 2.71 bits per heavy atom. The number of hydrogen-bond acceptors (Lipinski definition) is 6. The third kappa shape index (κ3) is 3.63. The molecular formula is C19H18N4O3S2. The summed E-state index contributed by atoms with van der Waals surface area (Å²) in [5.74, 6) is -0.353. The van der Waals surface area contributed by atoms with Gasteiger partial charge in [-0.15, -0.1) is 15.7 Å². The molecule has 0 aliphatic carbocycles. The first-order valence-corrected chi connectivity index (χ1v) is 11.1. The zero-order valence-electron chi connectivity index (χ0n) is 15.3. The number of carbonyl (C=O) groups excluding carboxylic acids is 1. The Bertz CT molecular complexity index is 1140. The minimum absolute atomic E-state index is 0.0681. The number of nitrogens with one attached hydrogen (secondary N) is 1. The second-order valence-corrected chi connectivity index (χ2v) is 9.52. The van der Waals surface area contributed by atoms with Gasteiger partial charge in [0.15, 0.2) is 11.0 Å². The molecule has 0 radical (unpaired) electrons. The van der Waals surface area contributed by atoms with E-state index in [1.54, 1.807) is 23.3 Å². The van der Waals surface area contributed by atoms with Crippen molar-refractivity contribution in [3.05, 3.63) is 58.6 Å². The topological polar surface area (TPSA) is 91.7 Å². The van der Waals surface area contributed by atoms with Gasteiger partial charge in [0, 0.05) is 23.2 Å². The highest BCUT2D eigenvalue weighted by Gasteiger charge is 2.30. The van der Waals surface area contributed by atoms with Gasteiger partial charge in [0.1, 0.15) is 0 Å². The minimum Gasteiger partial charge on any atom is -0.331 e. The molecule has 9 heteroatoms. The Morgan fingerprint density at radius 2 is 1.96 bits per heavy atom. The number of carbonyl (C=O) groups is 1. The number of fused-ring (bicyclic) bond motifs is 1. The van der Waals surface area contributed by atoms with E-state index >= 15 is 0 Å². The zero-order valence-corrected chi connectivity index (χ0v) is 17.0. The predicted octanol–water partition coefficient (Wildman–Crippen LogP) is 2.86. The fourth-order valence-corrected chi connectivity index (χ4v) is 4.80. The minimum atomic E-state index is -3.56. The van der Waals surface area contributed by atoms with Gasteiger partial charge in [0.25, 0.3) is 15.9 Å². The van der Waals surface area contributed by atoms with Crippen LogP contribution in [-0.2, 0) is 14.8 Å². The van der Waals surface area contributed by atoms with Crippen LogP contribution in [0, 0.1) is 13.8 Å². The smallest absolute Gasteiger partial charge is 0.261 e. The number of rotatable bonds is 3. The first-order valence-electron chi connectivity index (χ1n) is 8.66. The summed E-state index contributed by atoms with van der Waals surface area (Å²) in [7, 11) is -3.56. The summed E-state index contributed by atoms with van der Waals surface area (Å²) in [5, 5.41) is 3.24. The summed E-state index contributed by atoms with van der Waals surface area (Å²) >= 11 is 1.37. The van der Waals surface area contributed by atoms with Gasteiger partial charge in [-0.2, -0.15) is 0 Å². The van der Waals surface area contributed by atoms with E-state index in [0.29, 0.717) is 5.13 Å². The number of allylic oxidation sites excluding steroid dienone is 2. The number of aromatic nitrogens is 1. The molecule has 0 saturated carbocycles. The summed E-state index contributed by atoms with van der Waals surface area (Å²) in [6.45, 7) is 4.24. The van der Waals surface area contributed by atoms with Gasteiger partial charge in [0.2, 0.25) is 0 Å². The van der Waals surface area contributed by atoms with Crippen LogP contribution in [0.4, 0.5) is 5.13 Å². The van der Waals surface area contributed by atoms with Crippen LogP contribution in [0.15, 0.2) is 52.6 Å². The van der Waals surface area contributed by atoms with E-state index < -0.39 is 15.9 Å². The number of nitrogens with zero attached hydrogens (tertiary/aromatic N) is 3. The SMILES string of the molecule is Cc1ccc(-c2nc(NC(=O)C3=CC=CN4CCS(=O)(=O)N=C34)sc2C)cc1. The number of anilines is 1. The lowest BCUT2D eigenvalue weighted by Crippen LogP contribution is -2.40. The molecule has 0 unspecified atom stereocenters.